The van der Waals surface area contributed by atoms with Gasteiger partial charge in [0.1, 0.15) is 0 Å². The third kappa shape index (κ3) is 5.07. The zero-order chi connectivity index (χ0) is 21.9. The van der Waals surface area contributed by atoms with Gasteiger partial charge in [-0.3, -0.25) is 4.79 Å². The number of tetrazole rings is 1. The van der Waals surface area contributed by atoms with Gasteiger partial charge in [0, 0.05) is 5.69 Å². The second-order valence-corrected chi connectivity index (χ2v) is 7.11. The summed E-state index contributed by atoms with van der Waals surface area (Å²) in [7, 11) is 0. The van der Waals surface area contributed by atoms with Crippen LogP contribution in [0.3, 0.4) is 0 Å². The van der Waals surface area contributed by atoms with E-state index in [0.29, 0.717) is 5.69 Å². The molecule has 1 amide bonds. The highest BCUT2D eigenvalue weighted by Crippen LogP contribution is 2.30. The minimum atomic E-state index is -4.52. The fourth-order valence-corrected chi connectivity index (χ4v) is 3.23. The van der Waals surface area contributed by atoms with Crippen molar-refractivity contribution in [3.05, 3.63) is 58.6 Å². The zero-order valence-corrected chi connectivity index (χ0v) is 16.3. The number of carbonyl (C=O) groups is 2. The Kier molecular flexibility index (Phi) is 6.27. The second kappa shape index (κ2) is 8.71. The third-order valence-electron chi connectivity index (χ3n) is 3.67. The van der Waals surface area contributed by atoms with E-state index in [1.54, 1.807) is 0 Å². The Morgan fingerprint density at radius 1 is 1.20 bits per heavy atom. The number of benzene rings is 2. The lowest BCUT2D eigenvalue weighted by molar-refractivity contribution is -0.137. The van der Waals surface area contributed by atoms with Gasteiger partial charge in [0.15, 0.2) is 0 Å². The molecule has 0 saturated heterocycles. The van der Waals surface area contributed by atoms with Crippen molar-refractivity contribution >= 4 is 40.9 Å². The predicted molar refractivity (Wildman–Crippen MR) is 102 cm³/mol. The van der Waals surface area contributed by atoms with Crippen molar-refractivity contribution in [1.82, 2.24) is 20.2 Å². The van der Waals surface area contributed by atoms with Gasteiger partial charge in [-0.15, -0.1) is 5.10 Å². The highest BCUT2D eigenvalue weighted by molar-refractivity contribution is 7.99. The van der Waals surface area contributed by atoms with E-state index in [-0.39, 0.29) is 27.2 Å². The highest BCUT2D eigenvalue weighted by atomic mass is 35.5. The molecule has 30 heavy (non-hydrogen) atoms. The van der Waals surface area contributed by atoms with E-state index in [1.165, 1.54) is 35.0 Å². The molecule has 1 aromatic heterocycles. The first kappa shape index (κ1) is 21.6. The number of rotatable bonds is 6. The summed E-state index contributed by atoms with van der Waals surface area (Å²) in [5.41, 5.74) is -0.724. The van der Waals surface area contributed by atoms with E-state index in [1.807, 2.05) is 0 Å². The Morgan fingerprint density at radius 3 is 2.67 bits per heavy atom. The van der Waals surface area contributed by atoms with E-state index >= 15 is 0 Å². The number of nitrogens with one attached hydrogen (secondary N) is 1. The molecule has 0 fully saturated rings. The van der Waals surface area contributed by atoms with Gasteiger partial charge < -0.3 is 10.4 Å². The van der Waals surface area contributed by atoms with Gasteiger partial charge in [0.2, 0.25) is 11.1 Å². The fraction of sp³-hybridized carbons (Fsp3) is 0.118. The van der Waals surface area contributed by atoms with Crippen LogP contribution in [0.1, 0.15) is 15.9 Å². The normalized spacial score (nSPS) is 11.3. The Labute approximate surface area is 176 Å². The van der Waals surface area contributed by atoms with Crippen molar-refractivity contribution in [2.24, 2.45) is 0 Å². The van der Waals surface area contributed by atoms with Crippen LogP contribution in [0.2, 0.25) is 5.02 Å². The number of halogens is 4. The summed E-state index contributed by atoms with van der Waals surface area (Å²) in [5, 5.41) is 22.8. The Balaban J connectivity index is 1.70. The van der Waals surface area contributed by atoms with E-state index in [2.05, 4.69) is 20.8 Å². The van der Waals surface area contributed by atoms with Crippen LogP contribution < -0.4 is 5.32 Å². The van der Waals surface area contributed by atoms with Crippen LogP contribution in [-0.2, 0) is 11.0 Å². The Hall–Kier alpha value is -3.12. The molecule has 13 heteroatoms. The number of aromatic nitrogens is 4. The maximum atomic E-state index is 12.8. The molecule has 0 aliphatic carbocycles. The number of anilines is 1. The van der Waals surface area contributed by atoms with Crippen LogP contribution in [0.15, 0.2) is 47.6 Å². The predicted octanol–water partition coefficient (Wildman–Crippen LogP) is 3.76. The third-order valence-corrected chi connectivity index (χ3v) is 4.92. The first-order chi connectivity index (χ1) is 14.1. The van der Waals surface area contributed by atoms with E-state index in [0.717, 1.165) is 23.9 Å². The van der Waals surface area contributed by atoms with E-state index < -0.39 is 23.6 Å². The number of carboxylic acid groups (broad SMARTS) is 1. The number of carbonyl (C=O) groups excluding carboxylic acids is 1. The monoisotopic (exact) mass is 457 g/mol. The molecule has 0 radical (unpaired) electrons. The van der Waals surface area contributed by atoms with Crippen molar-refractivity contribution < 1.29 is 27.9 Å². The summed E-state index contributed by atoms with van der Waals surface area (Å²) in [5.74, 6) is -2.00. The molecule has 2 aromatic carbocycles. The number of hydrogen-bond acceptors (Lipinski definition) is 6. The van der Waals surface area contributed by atoms with Crippen LogP contribution in [-0.4, -0.2) is 42.9 Å². The summed E-state index contributed by atoms with van der Waals surface area (Å²) < 4.78 is 39.5. The van der Waals surface area contributed by atoms with Gasteiger partial charge >= 0.3 is 12.1 Å². The molecule has 0 bridgehead atoms. The van der Waals surface area contributed by atoms with Crippen LogP contribution in [0, 0.1) is 0 Å². The summed E-state index contributed by atoms with van der Waals surface area (Å²) in [4.78, 5) is 23.3. The van der Waals surface area contributed by atoms with Gasteiger partial charge in [0.25, 0.3) is 0 Å². The van der Waals surface area contributed by atoms with Crippen molar-refractivity contribution in [3.63, 3.8) is 0 Å². The molecule has 8 nitrogen and oxygen atoms in total. The number of aromatic carboxylic acids is 1. The largest absolute Gasteiger partial charge is 0.478 e. The maximum absolute atomic E-state index is 12.8. The second-order valence-electron chi connectivity index (χ2n) is 5.76. The summed E-state index contributed by atoms with van der Waals surface area (Å²) in [6.07, 6.45) is -4.52. The zero-order valence-electron chi connectivity index (χ0n) is 14.7. The van der Waals surface area contributed by atoms with Gasteiger partial charge in [-0.1, -0.05) is 29.4 Å². The van der Waals surface area contributed by atoms with Crippen molar-refractivity contribution in [1.29, 1.82) is 0 Å². The Morgan fingerprint density at radius 2 is 1.97 bits per heavy atom. The van der Waals surface area contributed by atoms with Crippen LogP contribution >= 0.6 is 23.4 Å². The molecule has 0 saturated carbocycles. The van der Waals surface area contributed by atoms with Crippen LogP contribution in [0.4, 0.5) is 18.9 Å². The topological polar surface area (TPSA) is 110 Å². The van der Waals surface area contributed by atoms with Gasteiger partial charge in [-0.05, 0) is 46.8 Å². The number of carboxylic acids is 1. The smallest absolute Gasteiger partial charge is 0.416 e. The quantitative estimate of drug-likeness (QED) is 0.542. The van der Waals surface area contributed by atoms with E-state index in [4.69, 9.17) is 16.7 Å². The van der Waals surface area contributed by atoms with E-state index in [9.17, 15) is 22.8 Å². The molecule has 156 valence electrons. The summed E-state index contributed by atoms with van der Waals surface area (Å²) in [6.45, 7) is 0. The molecule has 1 heterocycles. The minimum absolute atomic E-state index is 0.00109. The molecule has 0 aliphatic rings. The minimum Gasteiger partial charge on any atom is -0.478 e. The molecule has 3 rings (SSSR count). The molecule has 2 N–H and O–H groups in total. The number of hydrogen-bond donors (Lipinski definition) is 2. The standard InChI is InChI=1S/C17H11ClF3N5O3S/c18-13-5-4-11(7-12(13)15(28)29)26-16(23-24-25-26)30-8-14(27)22-10-3-1-2-9(6-10)17(19,20)21/h1-7H,8H2,(H,22,27)(H,28,29). The SMILES string of the molecule is O=C(CSc1nnnn1-c1ccc(Cl)c(C(=O)O)c1)Nc1cccc(C(F)(F)F)c1. The van der Waals surface area contributed by atoms with Crippen molar-refractivity contribution in [2.45, 2.75) is 11.3 Å². The molecule has 0 atom stereocenters. The van der Waals surface area contributed by atoms with Gasteiger partial charge in [0.05, 0.1) is 27.6 Å². The van der Waals surface area contributed by atoms with Crippen LogP contribution in [0.5, 0.6) is 0 Å². The average Bonchev–Trinajstić information content (AvgIpc) is 3.15. The fourth-order valence-electron chi connectivity index (χ4n) is 2.34. The number of thioether (sulfide) groups is 1. The molecule has 0 unspecified atom stereocenters. The van der Waals surface area contributed by atoms with Crippen molar-refractivity contribution in [2.75, 3.05) is 11.1 Å². The van der Waals surface area contributed by atoms with Gasteiger partial charge in [-0.2, -0.15) is 17.9 Å². The molecular formula is C17H11ClF3N5O3S. The lowest BCUT2D eigenvalue weighted by atomic mass is 10.2. The summed E-state index contributed by atoms with van der Waals surface area (Å²) in [6, 6.07) is 8.39. The number of nitrogens with zero attached hydrogens (tertiary/aromatic N) is 4. The number of amides is 1. The molecular weight excluding hydrogens is 447 g/mol. The molecule has 0 aliphatic heterocycles. The number of alkyl halides is 3. The molecule has 3 aromatic rings. The highest BCUT2D eigenvalue weighted by Gasteiger charge is 2.30. The van der Waals surface area contributed by atoms with Gasteiger partial charge in [-0.25, -0.2) is 4.79 Å². The lowest BCUT2D eigenvalue weighted by Crippen LogP contribution is -2.15. The average molecular weight is 458 g/mol. The molecule has 0 spiro atoms. The van der Waals surface area contributed by atoms with Crippen LogP contribution in [0.25, 0.3) is 5.69 Å². The van der Waals surface area contributed by atoms with Crippen molar-refractivity contribution in [3.8, 4) is 5.69 Å². The maximum Gasteiger partial charge on any atom is 0.416 e. The summed E-state index contributed by atoms with van der Waals surface area (Å²) >= 11 is 6.76. The first-order valence-electron chi connectivity index (χ1n) is 8.06. The lowest BCUT2D eigenvalue weighted by Gasteiger charge is -2.10. The Bertz CT molecular complexity index is 1110. The first-order valence-corrected chi connectivity index (χ1v) is 9.43.